The summed E-state index contributed by atoms with van der Waals surface area (Å²) < 4.78 is 13.8. The first-order chi connectivity index (χ1) is 11.2. The van der Waals surface area contributed by atoms with Crippen LogP contribution in [0.2, 0.25) is 0 Å². The number of nitrogens with one attached hydrogen (secondary N) is 3. The average molecular weight is 313 g/mol. The molecule has 0 amide bonds. The molecule has 2 aromatic rings. The van der Waals surface area contributed by atoms with Crippen LogP contribution in [0.25, 0.3) is 0 Å². The van der Waals surface area contributed by atoms with E-state index in [9.17, 15) is 4.39 Å². The zero-order chi connectivity index (χ0) is 15.8. The number of hydrogen-bond acceptors (Lipinski definition) is 5. The van der Waals surface area contributed by atoms with E-state index >= 15 is 0 Å². The van der Waals surface area contributed by atoms with Gasteiger partial charge in [0, 0.05) is 42.5 Å². The number of aromatic nitrogens is 2. The van der Waals surface area contributed by atoms with E-state index in [0.717, 1.165) is 18.7 Å². The molecule has 2 saturated heterocycles. The molecule has 0 saturated carbocycles. The quantitative estimate of drug-likeness (QED) is 0.738. The van der Waals surface area contributed by atoms with Crippen molar-refractivity contribution in [3.05, 3.63) is 59.4 Å². The predicted octanol–water partition coefficient (Wildman–Crippen LogP) is 1.79. The van der Waals surface area contributed by atoms with Gasteiger partial charge in [0.25, 0.3) is 0 Å². The normalized spacial score (nSPS) is 30.2. The fraction of sp³-hybridized carbons (Fsp3) is 0.412. The molecule has 4 unspecified atom stereocenters. The van der Waals surface area contributed by atoms with E-state index in [1.54, 1.807) is 19.2 Å². The summed E-state index contributed by atoms with van der Waals surface area (Å²) >= 11 is 0. The number of halogens is 1. The molecule has 0 aromatic carbocycles. The first-order valence-corrected chi connectivity index (χ1v) is 8.00. The van der Waals surface area contributed by atoms with Crippen molar-refractivity contribution in [2.45, 2.75) is 31.5 Å². The van der Waals surface area contributed by atoms with Gasteiger partial charge in [0.2, 0.25) is 5.95 Å². The summed E-state index contributed by atoms with van der Waals surface area (Å²) in [6.07, 6.45) is 4.65. The van der Waals surface area contributed by atoms with Crippen LogP contribution < -0.4 is 16.2 Å². The zero-order valence-corrected chi connectivity index (χ0v) is 13.0. The van der Waals surface area contributed by atoms with Crippen molar-refractivity contribution in [3.63, 3.8) is 0 Å². The molecule has 2 aromatic heterocycles. The van der Waals surface area contributed by atoms with Gasteiger partial charge in [-0.25, -0.2) is 10.4 Å². The van der Waals surface area contributed by atoms with Gasteiger partial charge in [0.05, 0.1) is 11.7 Å². The summed E-state index contributed by atoms with van der Waals surface area (Å²) in [6.45, 7) is 2.60. The number of aryl methyl sites for hydroxylation is 1. The Balaban J connectivity index is 1.58. The maximum atomic E-state index is 13.8. The second-order valence-corrected chi connectivity index (χ2v) is 6.36. The van der Waals surface area contributed by atoms with E-state index in [4.69, 9.17) is 0 Å². The van der Waals surface area contributed by atoms with Crippen LogP contribution in [-0.2, 0) is 0 Å². The minimum absolute atomic E-state index is 0.0244. The van der Waals surface area contributed by atoms with Gasteiger partial charge in [-0.05, 0) is 31.0 Å². The lowest BCUT2D eigenvalue weighted by atomic mass is 9.81. The molecule has 2 aliphatic rings. The van der Waals surface area contributed by atoms with Crippen LogP contribution in [0.4, 0.5) is 4.39 Å². The number of pyridine rings is 2. The molecule has 120 valence electrons. The van der Waals surface area contributed by atoms with Crippen molar-refractivity contribution in [2.24, 2.45) is 5.92 Å². The summed E-state index contributed by atoms with van der Waals surface area (Å²) in [5, 5.41) is 3.56. The summed E-state index contributed by atoms with van der Waals surface area (Å²) in [5.41, 5.74) is 9.16. The predicted molar refractivity (Wildman–Crippen MR) is 84.8 cm³/mol. The Morgan fingerprint density at radius 3 is 2.91 bits per heavy atom. The van der Waals surface area contributed by atoms with Crippen molar-refractivity contribution in [1.82, 2.24) is 26.1 Å². The first-order valence-electron chi connectivity index (χ1n) is 8.00. The topological polar surface area (TPSA) is 61.9 Å². The molecule has 2 fully saturated rings. The molecule has 23 heavy (non-hydrogen) atoms. The van der Waals surface area contributed by atoms with Crippen molar-refractivity contribution in [3.8, 4) is 0 Å². The summed E-state index contributed by atoms with van der Waals surface area (Å²) in [7, 11) is 0. The molecule has 6 heteroatoms. The highest BCUT2D eigenvalue weighted by molar-refractivity contribution is 5.21. The number of hydrazine groups is 1. The van der Waals surface area contributed by atoms with E-state index < -0.39 is 0 Å². The van der Waals surface area contributed by atoms with E-state index in [-0.39, 0.29) is 18.0 Å². The molecule has 4 rings (SSSR count). The Morgan fingerprint density at radius 1 is 1.22 bits per heavy atom. The molecule has 2 aliphatic heterocycles. The zero-order valence-electron chi connectivity index (χ0n) is 13.0. The van der Waals surface area contributed by atoms with Gasteiger partial charge in [0.1, 0.15) is 0 Å². The van der Waals surface area contributed by atoms with Crippen LogP contribution in [0.1, 0.15) is 35.3 Å². The monoisotopic (exact) mass is 313 g/mol. The average Bonchev–Trinajstić information content (AvgIpc) is 3.01. The number of rotatable bonds is 2. The van der Waals surface area contributed by atoms with Gasteiger partial charge in [-0.1, -0.05) is 12.1 Å². The Morgan fingerprint density at radius 2 is 2.13 bits per heavy atom. The minimum atomic E-state index is -0.384. The Hall–Kier alpha value is -1.89. The Bertz CT molecular complexity index is 693. The maximum Gasteiger partial charge on any atom is 0.216 e. The Kier molecular flexibility index (Phi) is 3.80. The van der Waals surface area contributed by atoms with Crippen LogP contribution in [0.3, 0.4) is 0 Å². The molecule has 0 aliphatic carbocycles. The van der Waals surface area contributed by atoms with E-state index in [0.29, 0.717) is 17.5 Å². The van der Waals surface area contributed by atoms with Crippen LogP contribution in [0, 0.1) is 18.8 Å². The van der Waals surface area contributed by atoms with Crippen molar-refractivity contribution in [2.75, 3.05) is 6.54 Å². The van der Waals surface area contributed by atoms with Crippen LogP contribution in [0.15, 0.2) is 36.7 Å². The van der Waals surface area contributed by atoms with Crippen LogP contribution in [-0.4, -0.2) is 22.6 Å². The molecule has 4 atom stereocenters. The van der Waals surface area contributed by atoms with Crippen LogP contribution in [0.5, 0.6) is 0 Å². The number of hydrogen-bond donors (Lipinski definition) is 3. The summed E-state index contributed by atoms with van der Waals surface area (Å²) in [6, 6.07) is 8.38. The molecule has 4 heterocycles. The van der Waals surface area contributed by atoms with Gasteiger partial charge in [-0.3, -0.25) is 10.4 Å². The van der Waals surface area contributed by atoms with Crippen LogP contribution >= 0.6 is 0 Å². The second kappa shape index (κ2) is 5.96. The third kappa shape index (κ3) is 2.73. The molecular formula is C17H20FN5. The lowest BCUT2D eigenvalue weighted by Gasteiger charge is -2.34. The lowest BCUT2D eigenvalue weighted by molar-refractivity contribution is 0.264. The van der Waals surface area contributed by atoms with Crippen molar-refractivity contribution < 1.29 is 4.39 Å². The Labute approximate surface area is 134 Å². The number of piperidine rings is 1. The standard InChI is InChI=1S/C17H20FN5/c1-10-4-5-13(21-17(10)18)16-12-7-14(11-3-2-6-19-8-11)20-9-15(12)22-23-16/h2-6,8,12,14-16,20,22-23H,7,9H2,1H3. The number of nitrogens with zero attached hydrogens (tertiary/aromatic N) is 2. The SMILES string of the molecule is Cc1ccc(C2NNC3CNC(c4cccnc4)CC32)nc1F. The van der Waals surface area contributed by atoms with Gasteiger partial charge in [-0.15, -0.1) is 0 Å². The molecule has 0 radical (unpaired) electrons. The highest BCUT2D eigenvalue weighted by Gasteiger charge is 2.42. The molecule has 0 bridgehead atoms. The van der Waals surface area contributed by atoms with E-state index in [2.05, 4.69) is 32.2 Å². The first kappa shape index (κ1) is 14.7. The fourth-order valence-electron chi connectivity index (χ4n) is 3.59. The minimum Gasteiger partial charge on any atom is -0.308 e. The summed E-state index contributed by atoms with van der Waals surface area (Å²) in [4.78, 5) is 8.35. The molecule has 5 nitrogen and oxygen atoms in total. The van der Waals surface area contributed by atoms with E-state index in [1.165, 1.54) is 5.56 Å². The maximum absolute atomic E-state index is 13.8. The number of fused-ring (bicyclic) bond motifs is 1. The fourth-order valence-corrected chi connectivity index (χ4v) is 3.59. The van der Waals surface area contributed by atoms with Crippen molar-refractivity contribution in [1.29, 1.82) is 0 Å². The van der Waals surface area contributed by atoms with E-state index in [1.807, 2.05) is 18.3 Å². The van der Waals surface area contributed by atoms with Crippen molar-refractivity contribution >= 4 is 0 Å². The van der Waals surface area contributed by atoms with Gasteiger partial charge in [-0.2, -0.15) is 4.39 Å². The second-order valence-electron chi connectivity index (χ2n) is 6.36. The van der Waals surface area contributed by atoms with Gasteiger partial charge in [0.15, 0.2) is 0 Å². The van der Waals surface area contributed by atoms with Gasteiger partial charge >= 0.3 is 0 Å². The summed E-state index contributed by atoms with van der Waals surface area (Å²) in [5.74, 6) is -0.0263. The highest BCUT2D eigenvalue weighted by Crippen LogP contribution is 2.37. The largest absolute Gasteiger partial charge is 0.308 e. The third-order valence-electron chi connectivity index (χ3n) is 4.92. The third-order valence-corrected chi connectivity index (χ3v) is 4.92. The molecule has 0 spiro atoms. The lowest BCUT2D eigenvalue weighted by Crippen LogP contribution is -2.46. The highest BCUT2D eigenvalue weighted by atomic mass is 19.1. The smallest absolute Gasteiger partial charge is 0.216 e. The molecule has 3 N–H and O–H groups in total. The van der Waals surface area contributed by atoms with Gasteiger partial charge < -0.3 is 5.32 Å². The molecular weight excluding hydrogens is 293 g/mol.